The van der Waals surface area contributed by atoms with Crippen molar-refractivity contribution in [2.24, 2.45) is 0 Å². The largest absolute Gasteiger partial charge is 0.393 e. The van der Waals surface area contributed by atoms with Gasteiger partial charge in [0.15, 0.2) is 0 Å². The summed E-state index contributed by atoms with van der Waals surface area (Å²) in [6.45, 7) is 0.977. The maximum Gasteiger partial charge on any atom is 0.393 e. The molecular weight excluding hydrogens is 302 g/mol. The van der Waals surface area contributed by atoms with Gasteiger partial charge >= 0.3 is 6.80 Å². The fourth-order valence-corrected chi connectivity index (χ4v) is 5.24. The molecule has 0 spiro atoms. The van der Waals surface area contributed by atoms with E-state index in [2.05, 4.69) is 0 Å². The van der Waals surface area contributed by atoms with Crippen LogP contribution < -0.4 is 0 Å². The molecule has 0 radical (unpaired) electrons. The van der Waals surface area contributed by atoms with E-state index in [0.717, 1.165) is 11.4 Å². The van der Waals surface area contributed by atoms with Crippen LogP contribution in [0, 0.1) is 0 Å². The second kappa shape index (κ2) is 7.03. The molecule has 0 heterocycles. The number of rotatable bonds is 6. The molecule has 0 aliphatic heterocycles. The quantitative estimate of drug-likeness (QED) is 0.670. The Labute approximate surface area is 115 Å². The molecule has 1 aromatic carbocycles. The Morgan fingerprint density at radius 3 is 2.00 bits per heavy atom. The molecule has 17 heavy (non-hydrogen) atoms. The van der Waals surface area contributed by atoms with Crippen molar-refractivity contribution in [2.45, 2.75) is 18.7 Å². The highest BCUT2D eigenvalue weighted by molar-refractivity contribution is 8.55. The van der Waals surface area contributed by atoms with Crippen molar-refractivity contribution in [1.29, 1.82) is 0 Å². The summed E-state index contributed by atoms with van der Waals surface area (Å²) in [4.78, 5) is 0.660. The molecule has 0 aromatic heterocycles. The third-order valence-corrected chi connectivity index (χ3v) is 5.82. The Kier molecular flexibility index (Phi) is 6.35. The van der Waals surface area contributed by atoms with Crippen LogP contribution in [0.4, 0.5) is 0 Å². The maximum absolute atomic E-state index is 12.2. The monoisotopic (exact) mass is 314 g/mol. The first-order valence-corrected chi connectivity index (χ1v) is 8.76. The normalized spacial score (nSPS) is 11.8. The minimum absolute atomic E-state index is 0.318. The van der Waals surface area contributed by atoms with Crippen molar-refractivity contribution >= 4 is 41.4 Å². The summed E-state index contributed by atoms with van der Waals surface area (Å²) in [5, 5.41) is 0.971. The first-order valence-electron chi connectivity index (χ1n) is 5.04. The van der Waals surface area contributed by atoms with Crippen LogP contribution in [0.3, 0.4) is 0 Å². The van der Waals surface area contributed by atoms with Crippen LogP contribution in [0.5, 0.6) is 0 Å². The Bertz CT molecular complexity index is 398. The van der Waals surface area contributed by atoms with E-state index in [4.69, 9.17) is 32.2 Å². The first-order chi connectivity index (χ1) is 7.99. The summed E-state index contributed by atoms with van der Waals surface area (Å²) >= 11 is 12.7. The fraction of sp³-hybridized carbons (Fsp3) is 0.400. The fourth-order valence-electron chi connectivity index (χ4n) is 1.12. The molecule has 0 bridgehead atoms. The Balaban J connectivity index is 2.89. The molecule has 0 aliphatic rings. The van der Waals surface area contributed by atoms with E-state index < -0.39 is 6.80 Å². The molecule has 0 saturated carbocycles. The van der Waals surface area contributed by atoms with E-state index in [9.17, 15) is 4.57 Å². The first kappa shape index (κ1) is 15.4. The standard InChI is InChI=1S/C10H13Cl2O3PS/c1-3-14-16(13,15-4-2)17-10-6-8(11)5-9(12)7-10/h5-7H,3-4H2,1-2H3. The van der Waals surface area contributed by atoms with E-state index in [1.54, 1.807) is 32.0 Å². The molecule has 0 fully saturated rings. The van der Waals surface area contributed by atoms with Gasteiger partial charge in [-0.25, -0.2) is 4.57 Å². The van der Waals surface area contributed by atoms with Gasteiger partial charge in [-0.15, -0.1) is 0 Å². The van der Waals surface area contributed by atoms with E-state index in [0.29, 0.717) is 28.2 Å². The lowest BCUT2D eigenvalue weighted by molar-refractivity contribution is 0.237. The zero-order chi connectivity index (χ0) is 12.9. The van der Waals surface area contributed by atoms with Crippen LogP contribution in [0.1, 0.15) is 13.8 Å². The second-order valence-electron chi connectivity index (χ2n) is 2.98. The van der Waals surface area contributed by atoms with E-state index in [1.165, 1.54) is 0 Å². The average molecular weight is 315 g/mol. The Morgan fingerprint density at radius 2 is 1.59 bits per heavy atom. The van der Waals surface area contributed by atoms with Gasteiger partial charge in [-0.2, -0.15) is 0 Å². The number of hydrogen-bond donors (Lipinski definition) is 0. The minimum atomic E-state index is -3.18. The van der Waals surface area contributed by atoms with Gasteiger partial charge < -0.3 is 9.05 Å². The molecule has 0 saturated heterocycles. The molecule has 7 heteroatoms. The van der Waals surface area contributed by atoms with Crippen LogP contribution in [-0.2, 0) is 13.6 Å². The lowest BCUT2D eigenvalue weighted by Gasteiger charge is -2.15. The SMILES string of the molecule is CCOP(=O)(OCC)Sc1cc(Cl)cc(Cl)c1. The van der Waals surface area contributed by atoms with Crippen LogP contribution in [-0.4, -0.2) is 13.2 Å². The molecule has 1 rings (SSSR count). The van der Waals surface area contributed by atoms with Crippen molar-refractivity contribution in [3.05, 3.63) is 28.2 Å². The van der Waals surface area contributed by atoms with Gasteiger partial charge in [0.25, 0.3) is 0 Å². The summed E-state index contributed by atoms with van der Waals surface area (Å²) in [5.41, 5.74) is 0. The Morgan fingerprint density at radius 1 is 1.12 bits per heavy atom. The topological polar surface area (TPSA) is 35.5 Å². The average Bonchev–Trinajstić information content (AvgIpc) is 2.15. The Hall–Kier alpha value is 0.300. The predicted molar refractivity (Wildman–Crippen MR) is 73.2 cm³/mol. The van der Waals surface area contributed by atoms with Crippen molar-refractivity contribution in [3.63, 3.8) is 0 Å². The second-order valence-corrected chi connectivity index (χ2v) is 7.81. The molecule has 0 aliphatic carbocycles. The third-order valence-electron chi connectivity index (χ3n) is 1.63. The van der Waals surface area contributed by atoms with Gasteiger partial charge in [0, 0.05) is 14.9 Å². The highest BCUT2D eigenvalue weighted by Gasteiger charge is 2.25. The maximum atomic E-state index is 12.2. The lowest BCUT2D eigenvalue weighted by atomic mass is 10.4. The van der Waals surface area contributed by atoms with Crippen LogP contribution >= 0.6 is 41.4 Å². The molecule has 1 aromatic rings. The van der Waals surface area contributed by atoms with Gasteiger partial charge in [0.2, 0.25) is 0 Å². The molecule has 0 amide bonds. The highest BCUT2D eigenvalue weighted by atomic mass is 35.5. The van der Waals surface area contributed by atoms with Gasteiger partial charge in [-0.05, 0) is 43.4 Å². The van der Waals surface area contributed by atoms with E-state index >= 15 is 0 Å². The minimum Gasteiger partial charge on any atom is -0.301 e. The molecule has 0 unspecified atom stereocenters. The van der Waals surface area contributed by atoms with E-state index in [1.807, 2.05) is 0 Å². The zero-order valence-corrected chi connectivity index (χ0v) is 12.7. The summed E-state index contributed by atoms with van der Waals surface area (Å²) in [5.74, 6) is 0. The third kappa shape index (κ3) is 5.21. The van der Waals surface area contributed by atoms with Crippen LogP contribution in [0.2, 0.25) is 10.0 Å². The number of benzene rings is 1. The van der Waals surface area contributed by atoms with Gasteiger partial charge in [-0.1, -0.05) is 23.2 Å². The molecule has 0 N–H and O–H groups in total. The van der Waals surface area contributed by atoms with Gasteiger partial charge in [0.1, 0.15) is 0 Å². The van der Waals surface area contributed by atoms with Crippen LogP contribution in [0.25, 0.3) is 0 Å². The summed E-state index contributed by atoms with van der Waals surface area (Å²) in [7, 11) is 0. The molecule has 96 valence electrons. The van der Waals surface area contributed by atoms with Gasteiger partial charge in [-0.3, -0.25) is 0 Å². The predicted octanol–water partition coefficient (Wildman–Crippen LogP) is 5.27. The number of hydrogen-bond acceptors (Lipinski definition) is 4. The van der Waals surface area contributed by atoms with Crippen molar-refractivity contribution in [2.75, 3.05) is 13.2 Å². The molecular formula is C10H13Cl2O3PS. The smallest absolute Gasteiger partial charge is 0.301 e. The number of halogens is 2. The van der Waals surface area contributed by atoms with Crippen molar-refractivity contribution in [3.8, 4) is 0 Å². The summed E-state index contributed by atoms with van der Waals surface area (Å²) in [6.07, 6.45) is 0. The lowest BCUT2D eigenvalue weighted by Crippen LogP contribution is -1.92. The summed E-state index contributed by atoms with van der Waals surface area (Å²) < 4.78 is 22.6. The molecule has 3 nitrogen and oxygen atoms in total. The van der Waals surface area contributed by atoms with E-state index in [-0.39, 0.29) is 0 Å². The highest BCUT2D eigenvalue weighted by Crippen LogP contribution is 2.63. The molecule has 0 atom stereocenters. The van der Waals surface area contributed by atoms with Crippen molar-refractivity contribution in [1.82, 2.24) is 0 Å². The van der Waals surface area contributed by atoms with Crippen molar-refractivity contribution < 1.29 is 13.6 Å². The van der Waals surface area contributed by atoms with Crippen LogP contribution in [0.15, 0.2) is 23.1 Å². The van der Waals surface area contributed by atoms with Gasteiger partial charge in [0.05, 0.1) is 13.2 Å². The summed E-state index contributed by atoms with van der Waals surface area (Å²) in [6, 6.07) is 4.95. The zero-order valence-electron chi connectivity index (χ0n) is 9.48.